The van der Waals surface area contributed by atoms with E-state index in [9.17, 15) is 4.79 Å². The Morgan fingerprint density at radius 3 is 3.00 bits per heavy atom. The van der Waals surface area contributed by atoms with Gasteiger partial charge in [0.1, 0.15) is 5.84 Å². The molecule has 0 aromatic carbocycles. The predicted octanol–water partition coefficient (Wildman–Crippen LogP) is 1.23. The van der Waals surface area contributed by atoms with Gasteiger partial charge in [-0.2, -0.15) is 0 Å². The minimum atomic E-state index is 0.230. The third kappa shape index (κ3) is 3.42. The summed E-state index contributed by atoms with van der Waals surface area (Å²) in [5, 5.41) is 3.24. The number of aliphatic imine (C=N–C) groups is 1. The third-order valence-corrected chi connectivity index (χ3v) is 3.40. The Morgan fingerprint density at radius 1 is 1.61 bits per heavy atom. The summed E-state index contributed by atoms with van der Waals surface area (Å²) in [5.74, 6) is 1.81. The first-order valence-corrected chi connectivity index (χ1v) is 6.81. The fraction of sp³-hybridized carbons (Fsp3) is 0.714. The Morgan fingerprint density at radius 2 is 2.39 bits per heavy atom. The van der Waals surface area contributed by atoms with Crippen molar-refractivity contribution in [2.45, 2.75) is 33.2 Å². The summed E-state index contributed by atoms with van der Waals surface area (Å²) < 4.78 is 0. The van der Waals surface area contributed by atoms with Crippen molar-refractivity contribution in [3.8, 4) is 0 Å². The van der Waals surface area contributed by atoms with Crippen molar-refractivity contribution in [1.29, 1.82) is 0 Å². The first-order chi connectivity index (χ1) is 8.54. The van der Waals surface area contributed by atoms with Crippen LogP contribution >= 0.6 is 0 Å². The lowest BCUT2D eigenvalue weighted by Gasteiger charge is -2.14. The van der Waals surface area contributed by atoms with Crippen molar-refractivity contribution in [3.63, 3.8) is 0 Å². The van der Waals surface area contributed by atoms with Crippen LogP contribution < -0.4 is 5.32 Å². The number of nitrogens with one attached hydrogen (secondary N) is 1. The molecule has 0 saturated carbocycles. The number of ketones is 1. The van der Waals surface area contributed by atoms with Crippen molar-refractivity contribution >= 4 is 11.6 Å². The van der Waals surface area contributed by atoms with Crippen LogP contribution in [-0.2, 0) is 4.79 Å². The average Bonchev–Trinajstić information content (AvgIpc) is 2.87. The van der Waals surface area contributed by atoms with Gasteiger partial charge in [-0.05, 0) is 38.8 Å². The smallest absolute Gasteiger partial charge is 0.174 e. The fourth-order valence-corrected chi connectivity index (χ4v) is 2.45. The Bertz CT molecular complexity index is 385. The zero-order chi connectivity index (χ0) is 13.1. The summed E-state index contributed by atoms with van der Waals surface area (Å²) in [4.78, 5) is 18.7. The van der Waals surface area contributed by atoms with Crippen molar-refractivity contribution in [1.82, 2.24) is 10.2 Å². The standard InChI is InChI=1S/C14H23N3O/c1-10(2)16-14-6-12(7-15-14)13(18)9-17-5-4-11(3)8-17/h6,10-11H,4-5,7-9H2,1-3H3,(H,15,16)/t11-/m1/s1. The summed E-state index contributed by atoms with van der Waals surface area (Å²) in [5.41, 5.74) is 0.845. The van der Waals surface area contributed by atoms with Crippen LogP contribution in [0.2, 0.25) is 0 Å². The van der Waals surface area contributed by atoms with Gasteiger partial charge in [-0.15, -0.1) is 0 Å². The number of rotatable bonds is 4. The molecule has 1 N–H and O–H groups in total. The van der Waals surface area contributed by atoms with Gasteiger partial charge < -0.3 is 5.32 Å². The summed E-state index contributed by atoms with van der Waals surface area (Å²) >= 11 is 0. The zero-order valence-corrected chi connectivity index (χ0v) is 11.6. The number of likely N-dealkylation sites (tertiary alicyclic amines) is 1. The molecule has 0 unspecified atom stereocenters. The first-order valence-electron chi connectivity index (χ1n) is 6.81. The van der Waals surface area contributed by atoms with Gasteiger partial charge in [0.15, 0.2) is 5.78 Å². The second kappa shape index (κ2) is 5.65. The van der Waals surface area contributed by atoms with Crippen LogP contribution in [0.5, 0.6) is 0 Å². The number of hydrogen-bond donors (Lipinski definition) is 1. The molecule has 0 radical (unpaired) electrons. The summed E-state index contributed by atoms with van der Waals surface area (Å²) in [6.07, 6.45) is 3.12. The molecule has 2 rings (SSSR count). The number of amidine groups is 1. The fourth-order valence-electron chi connectivity index (χ4n) is 2.45. The molecule has 0 aliphatic carbocycles. The van der Waals surface area contributed by atoms with E-state index in [0.717, 1.165) is 30.4 Å². The van der Waals surface area contributed by atoms with Gasteiger partial charge in [0.05, 0.1) is 13.1 Å². The van der Waals surface area contributed by atoms with E-state index in [1.54, 1.807) is 0 Å². The lowest BCUT2D eigenvalue weighted by atomic mass is 10.1. The van der Waals surface area contributed by atoms with Gasteiger partial charge >= 0.3 is 0 Å². The molecule has 4 heteroatoms. The van der Waals surface area contributed by atoms with Crippen LogP contribution in [0.25, 0.3) is 0 Å². The Kier molecular flexibility index (Phi) is 4.17. The molecule has 0 bridgehead atoms. The number of hydrogen-bond acceptors (Lipinski definition) is 4. The van der Waals surface area contributed by atoms with E-state index in [-0.39, 0.29) is 5.78 Å². The second-order valence-corrected chi connectivity index (χ2v) is 5.72. The molecule has 4 nitrogen and oxygen atoms in total. The number of carbonyl (C=O) groups is 1. The highest BCUT2D eigenvalue weighted by Crippen LogP contribution is 2.16. The Balaban J connectivity index is 1.84. The number of nitrogens with zero attached hydrogens (tertiary/aromatic N) is 2. The molecule has 2 heterocycles. The van der Waals surface area contributed by atoms with Crippen molar-refractivity contribution < 1.29 is 4.79 Å². The topological polar surface area (TPSA) is 44.7 Å². The molecule has 100 valence electrons. The monoisotopic (exact) mass is 249 g/mol. The minimum absolute atomic E-state index is 0.230. The van der Waals surface area contributed by atoms with Crippen LogP contribution in [0.3, 0.4) is 0 Å². The maximum atomic E-state index is 12.1. The molecule has 0 aromatic heterocycles. The van der Waals surface area contributed by atoms with E-state index in [4.69, 9.17) is 0 Å². The molecule has 18 heavy (non-hydrogen) atoms. The third-order valence-electron chi connectivity index (χ3n) is 3.40. The highest BCUT2D eigenvalue weighted by atomic mass is 16.1. The Hall–Kier alpha value is -1.16. The van der Waals surface area contributed by atoms with Gasteiger partial charge in [0, 0.05) is 18.2 Å². The van der Waals surface area contributed by atoms with Crippen LogP contribution in [0.1, 0.15) is 27.2 Å². The minimum Gasteiger partial charge on any atom is -0.368 e. The van der Waals surface area contributed by atoms with Gasteiger partial charge in [0.25, 0.3) is 0 Å². The highest BCUT2D eigenvalue weighted by molar-refractivity contribution is 6.07. The van der Waals surface area contributed by atoms with Crippen LogP contribution in [0, 0.1) is 5.92 Å². The van der Waals surface area contributed by atoms with E-state index in [1.165, 1.54) is 6.42 Å². The number of Topliss-reactive ketones (excluding diaryl/α,β-unsaturated/α-hetero) is 1. The SMILES string of the molecule is CC(C)NC1=NCC(C(=O)CN2CC[C@@H](C)C2)=C1. The summed E-state index contributed by atoms with van der Waals surface area (Å²) in [7, 11) is 0. The molecular formula is C14H23N3O. The van der Waals surface area contributed by atoms with E-state index in [2.05, 4.69) is 36.0 Å². The normalized spacial score (nSPS) is 24.3. The average molecular weight is 249 g/mol. The van der Waals surface area contributed by atoms with Crippen LogP contribution in [0.15, 0.2) is 16.6 Å². The molecule has 1 saturated heterocycles. The van der Waals surface area contributed by atoms with Crippen LogP contribution in [-0.4, -0.2) is 48.7 Å². The van der Waals surface area contributed by atoms with E-state index in [1.807, 2.05) is 6.08 Å². The largest absolute Gasteiger partial charge is 0.368 e. The lowest BCUT2D eigenvalue weighted by Crippen LogP contribution is -2.29. The second-order valence-electron chi connectivity index (χ2n) is 5.72. The quantitative estimate of drug-likeness (QED) is 0.815. The van der Waals surface area contributed by atoms with E-state index < -0.39 is 0 Å². The first kappa shape index (κ1) is 13.3. The molecule has 1 atom stereocenters. The molecule has 0 amide bonds. The molecular weight excluding hydrogens is 226 g/mol. The lowest BCUT2D eigenvalue weighted by molar-refractivity contribution is -0.116. The molecule has 0 aromatic rings. The van der Waals surface area contributed by atoms with Crippen molar-refractivity contribution in [2.24, 2.45) is 10.9 Å². The van der Waals surface area contributed by atoms with E-state index in [0.29, 0.717) is 19.1 Å². The molecule has 2 aliphatic rings. The van der Waals surface area contributed by atoms with Crippen LogP contribution in [0.4, 0.5) is 0 Å². The summed E-state index contributed by atoms with van der Waals surface area (Å²) in [6.45, 7) is 9.59. The summed E-state index contributed by atoms with van der Waals surface area (Å²) in [6, 6.07) is 0.355. The maximum absolute atomic E-state index is 12.1. The molecule has 0 spiro atoms. The maximum Gasteiger partial charge on any atom is 0.174 e. The van der Waals surface area contributed by atoms with E-state index >= 15 is 0 Å². The Labute approximate surface area is 109 Å². The predicted molar refractivity (Wildman–Crippen MR) is 73.9 cm³/mol. The van der Waals surface area contributed by atoms with Gasteiger partial charge in [-0.3, -0.25) is 14.7 Å². The zero-order valence-electron chi connectivity index (χ0n) is 11.6. The van der Waals surface area contributed by atoms with Gasteiger partial charge in [0.2, 0.25) is 0 Å². The van der Waals surface area contributed by atoms with Gasteiger partial charge in [-0.25, -0.2) is 0 Å². The van der Waals surface area contributed by atoms with Crippen molar-refractivity contribution in [2.75, 3.05) is 26.2 Å². The van der Waals surface area contributed by atoms with Crippen molar-refractivity contribution in [3.05, 3.63) is 11.6 Å². The van der Waals surface area contributed by atoms with Gasteiger partial charge in [-0.1, -0.05) is 6.92 Å². The highest BCUT2D eigenvalue weighted by Gasteiger charge is 2.23. The molecule has 2 aliphatic heterocycles. The number of carbonyl (C=O) groups excluding carboxylic acids is 1. The molecule has 1 fully saturated rings.